The summed E-state index contributed by atoms with van der Waals surface area (Å²) in [7, 11) is 0. The van der Waals surface area contributed by atoms with Gasteiger partial charge in [-0.25, -0.2) is 0 Å². The van der Waals surface area contributed by atoms with E-state index >= 15 is 0 Å². The summed E-state index contributed by atoms with van der Waals surface area (Å²) >= 11 is 0. The Hall–Kier alpha value is 2.14. The molecule has 32 valence electrons. The molecule has 0 heterocycles. The van der Waals surface area contributed by atoms with Crippen molar-refractivity contribution in [1.82, 2.24) is 0 Å². The smallest absolute Gasteiger partial charge is 0 e. The normalized spacial score (nSPS) is 0. The maximum Gasteiger partial charge on any atom is 0 e. The fourth-order valence-corrected chi connectivity index (χ4v) is 0. The zero-order chi connectivity index (χ0) is 0. The van der Waals surface area contributed by atoms with Crippen molar-refractivity contribution < 1.29 is 84.4 Å². The molecule has 0 saturated carbocycles. The van der Waals surface area contributed by atoms with Crippen molar-refractivity contribution in [2.75, 3.05) is 0 Å². The van der Waals surface area contributed by atoms with Gasteiger partial charge in [-0.15, -0.1) is 0 Å². The molecule has 0 radical (unpaired) electrons. The molecule has 0 fully saturated rings. The Labute approximate surface area is 82.9 Å². The van der Waals surface area contributed by atoms with Crippen molar-refractivity contribution >= 4 is 0 Å². The second kappa shape index (κ2) is 35.4. The Bertz CT molecular complexity index is 6.85. The zero-order valence-electron chi connectivity index (χ0n) is 2.50. The summed E-state index contributed by atoms with van der Waals surface area (Å²) < 4.78 is 0. The minimum Gasteiger partial charge on any atom is -0.412 e. The fourth-order valence-electron chi connectivity index (χ4n) is 0. The molecular formula is H6CeO3Zr. The SMILES string of the molecule is O.O.O.[Ce].[Zr]. The molecule has 0 saturated heterocycles. The molecule has 0 aliphatic carbocycles. The van der Waals surface area contributed by atoms with Crippen molar-refractivity contribution in [3.05, 3.63) is 0 Å². The van der Waals surface area contributed by atoms with Crippen molar-refractivity contribution in [3.8, 4) is 0 Å². The molecule has 0 aromatic carbocycles. The quantitative estimate of drug-likeness (QED) is 0.471. The maximum absolute atomic E-state index is 0. The first kappa shape index (κ1) is 58.8. The molecule has 0 unspecified atom stereocenters. The average Bonchev–Trinajstić information content (AvgIpc) is 0. The molecule has 0 atom stereocenters. The van der Waals surface area contributed by atoms with E-state index in [4.69, 9.17) is 0 Å². The molecule has 0 rings (SSSR count). The van der Waals surface area contributed by atoms with E-state index in [1.54, 1.807) is 0 Å². The minimum absolute atomic E-state index is 0. The van der Waals surface area contributed by atoms with Crippen LogP contribution < -0.4 is 0 Å². The number of rotatable bonds is 0. The zero-order valence-corrected chi connectivity index (χ0v) is 8.10. The predicted octanol–water partition coefficient (Wildman–Crippen LogP) is -2.48. The van der Waals surface area contributed by atoms with Crippen molar-refractivity contribution in [1.29, 1.82) is 0 Å². The summed E-state index contributed by atoms with van der Waals surface area (Å²) in [6, 6.07) is 0. The summed E-state index contributed by atoms with van der Waals surface area (Å²) in [4.78, 5) is 0. The van der Waals surface area contributed by atoms with Gasteiger partial charge < -0.3 is 16.4 Å². The van der Waals surface area contributed by atoms with Gasteiger partial charge in [0.15, 0.2) is 0 Å². The van der Waals surface area contributed by atoms with Crippen LogP contribution in [0.25, 0.3) is 0 Å². The first-order chi connectivity index (χ1) is 0. The number of hydrogen-bond donors (Lipinski definition) is 0. The molecule has 0 aliphatic rings. The molecule has 5 heavy (non-hydrogen) atoms. The van der Waals surface area contributed by atoms with Gasteiger partial charge in [0.2, 0.25) is 0 Å². The summed E-state index contributed by atoms with van der Waals surface area (Å²) in [6.07, 6.45) is 0. The Morgan fingerprint density at radius 3 is 0.600 bits per heavy atom. The minimum atomic E-state index is 0. The maximum atomic E-state index is 0. The van der Waals surface area contributed by atoms with E-state index in [1.807, 2.05) is 0 Å². The van der Waals surface area contributed by atoms with Crippen LogP contribution in [-0.2, 0) is 26.2 Å². The predicted molar refractivity (Wildman–Crippen MR) is 10.8 cm³/mol. The molecule has 0 aliphatic heterocycles. The molecule has 0 aromatic heterocycles. The van der Waals surface area contributed by atoms with Gasteiger partial charge in [-0.2, -0.15) is 0 Å². The van der Waals surface area contributed by atoms with Gasteiger partial charge in [-0.05, 0) is 0 Å². The average molecular weight is 285 g/mol. The van der Waals surface area contributed by atoms with Crippen LogP contribution >= 0.6 is 0 Å². The molecule has 3 nitrogen and oxygen atoms in total. The van der Waals surface area contributed by atoms with Crippen LogP contribution in [0, 0.1) is 41.7 Å². The summed E-state index contributed by atoms with van der Waals surface area (Å²) in [5.41, 5.74) is 0. The Kier molecular flexibility index (Phi) is 416. The summed E-state index contributed by atoms with van der Waals surface area (Å²) in [5.74, 6) is 0. The molecule has 0 spiro atoms. The standard InChI is InChI=1S/Ce.3H2O.Zr/h;3*1H2;. The third-order valence-electron chi connectivity index (χ3n) is 0. The fraction of sp³-hybridized carbons (Fsp3) is 0. The van der Waals surface area contributed by atoms with Crippen molar-refractivity contribution in [2.24, 2.45) is 0 Å². The van der Waals surface area contributed by atoms with Crippen LogP contribution in [-0.4, -0.2) is 16.4 Å². The topological polar surface area (TPSA) is 94.5 Å². The van der Waals surface area contributed by atoms with Gasteiger partial charge in [0.05, 0.1) is 0 Å². The van der Waals surface area contributed by atoms with Crippen LogP contribution in [0.5, 0.6) is 0 Å². The van der Waals surface area contributed by atoms with E-state index < -0.39 is 0 Å². The van der Waals surface area contributed by atoms with Gasteiger partial charge in [0.1, 0.15) is 0 Å². The largest absolute Gasteiger partial charge is 0.412 e. The summed E-state index contributed by atoms with van der Waals surface area (Å²) in [5, 5.41) is 0. The van der Waals surface area contributed by atoms with Gasteiger partial charge in [0, 0.05) is 68.0 Å². The second-order valence-electron chi connectivity index (χ2n) is 0. The second-order valence-corrected chi connectivity index (χ2v) is 0. The molecule has 0 bridgehead atoms. The molecule has 5 heteroatoms. The molecule has 0 aromatic rings. The van der Waals surface area contributed by atoms with Gasteiger partial charge in [-0.1, -0.05) is 0 Å². The van der Waals surface area contributed by atoms with E-state index in [0.717, 1.165) is 0 Å². The summed E-state index contributed by atoms with van der Waals surface area (Å²) in [6.45, 7) is 0. The van der Waals surface area contributed by atoms with Crippen LogP contribution in [0.2, 0.25) is 0 Å². The van der Waals surface area contributed by atoms with E-state index in [1.165, 1.54) is 0 Å². The third kappa shape index (κ3) is 23.0. The Morgan fingerprint density at radius 1 is 0.600 bits per heavy atom. The van der Waals surface area contributed by atoms with E-state index in [2.05, 4.69) is 0 Å². The van der Waals surface area contributed by atoms with Gasteiger partial charge in [0.25, 0.3) is 0 Å². The van der Waals surface area contributed by atoms with Crippen molar-refractivity contribution in [2.45, 2.75) is 0 Å². The van der Waals surface area contributed by atoms with Crippen LogP contribution in [0.1, 0.15) is 0 Å². The Balaban J connectivity index is 0. The van der Waals surface area contributed by atoms with E-state index in [0.29, 0.717) is 0 Å². The van der Waals surface area contributed by atoms with Crippen LogP contribution in [0.4, 0.5) is 0 Å². The first-order valence-electron chi connectivity index (χ1n) is 0. The van der Waals surface area contributed by atoms with Crippen LogP contribution in [0.3, 0.4) is 0 Å². The van der Waals surface area contributed by atoms with Gasteiger partial charge in [-0.3, -0.25) is 0 Å². The molecule has 6 N–H and O–H groups in total. The van der Waals surface area contributed by atoms with Gasteiger partial charge >= 0.3 is 0 Å². The molecular weight excluding hydrogens is 279 g/mol. The first-order valence-corrected chi connectivity index (χ1v) is 0. The third-order valence-corrected chi connectivity index (χ3v) is 0. The Morgan fingerprint density at radius 2 is 0.600 bits per heavy atom. The van der Waals surface area contributed by atoms with Crippen molar-refractivity contribution in [3.63, 3.8) is 0 Å². The number of hydrogen-bond acceptors (Lipinski definition) is 0. The monoisotopic (exact) mass is 284 g/mol. The van der Waals surface area contributed by atoms with E-state index in [-0.39, 0.29) is 84.4 Å². The van der Waals surface area contributed by atoms with E-state index in [9.17, 15) is 0 Å². The molecule has 0 amide bonds. The van der Waals surface area contributed by atoms with Crippen LogP contribution in [0.15, 0.2) is 0 Å².